The van der Waals surface area contributed by atoms with E-state index in [0.717, 1.165) is 10.0 Å². The number of aliphatic carboxylic acids is 1. The molecule has 100 valence electrons. The van der Waals surface area contributed by atoms with Crippen LogP contribution in [0.5, 0.6) is 5.75 Å². The molecule has 0 radical (unpaired) electrons. The first kappa shape index (κ1) is 15.0. The lowest BCUT2D eigenvalue weighted by atomic mass is 9.80. The van der Waals surface area contributed by atoms with Gasteiger partial charge in [0, 0.05) is 15.5 Å². The first-order chi connectivity index (χ1) is 8.15. The zero-order valence-corrected chi connectivity index (χ0v) is 12.7. The Balaban J connectivity index is 3.27. The van der Waals surface area contributed by atoms with Crippen molar-refractivity contribution in [3.63, 3.8) is 0 Å². The maximum absolute atomic E-state index is 10.9. The minimum atomic E-state index is -0.872. The molecule has 0 saturated heterocycles. The molecule has 0 heterocycles. The van der Waals surface area contributed by atoms with Crippen molar-refractivity contribution < 1.29 is 15.0 Å². The number of halogens is 1. The standard InChI is InChI=1S/C14H19BrO3/c1-8(2)9-5-12(16)10(6-11(9)15)14(3,4)7-13(17)18/h5-6,8,16H,7H2,1-4H3,(H,17,18). The van der Waals surface area contributed by atoms with Gasteiger partial charge in [-0.25, -0.2) is 0 Å². The molecule has 0 saturated carbocycles. The van der Waals surface area contributed by atoms with Gasteiger partial charge in [-0.15, -0.1) is 0 Å². The number of carboxylic acid groups (broad SMARTS) is 1. The molecule has 0 aliphatic rings. The minimum absolute atomic E-state index is 0.0198. The molecule has 0 unspecified atom stereocenters. The third kappa shape index (κ3) is 3.25. The molecule has 0 spiro atoms. The molecule has 4 heteroatoms. The van der Waals surface area contributed by atoms with Crippen LogP contribution >= 0.6 is 15.9 Å². The number of aromatic hydroxyl groups is 1. The number of carboxylic acids is 1. The Morgan fingerprint density at radius 2 is 1.94 bits per heavy atom. The fourth-order valence-electron chi connectivity index (χ4n) is 2.04. The lowest BCUT2D eigenvalue weighted by Gasteiger charge is -2.25. The SMILES string of the molecule is CC(C)c1cc(O)c(C(C)(C)CC(=O)O)cc1Br. The van der Waals surface area contributed by atoms with Crippen LogP contribution in [0, 0.1) is 0 Å². The van der Waals surface area contributed by atoms with E-state index >= 15 is 0 Å². The molecule has 0 aromatic heterocycles. The Morgan fingerprint density at radius 3 is 2.39 bits per heavy atom. The van der Waals surface area contributed by atoms with Gasteiger partial charge in [0.1, 0.15) is 5.75 Å². The van der Waals surface area contributed by atoms with Crippen LogP contribution in [0.1, 0.15) is 51.2 Å². The summed E-state index contributed by atoms with van der Waals surface area (Å²) in [5, 5.41) is 19.0. The third-order valence-electron chi connectivity index (χ3n) is 3.06. The summed E-state index contributed by atoms with van der Waals surface area (Å²) in [5.74, 6) is -0.418. The molecule has 0 amide bonds. The minimum Gasteiger partial charge on any atom is -0.508 e. The highest BCUT2D eigenvalue weighted by Crippen LogP contribution is 2.39. The van der Waals surface area contributed by atoms with E-state index < -0.39 is 11.4 Å². The van der Waals surface area contributed by atoms with Gasteiger partial charge in [-0.05, 0) is 23.6 Å². The van der Waals surface area contributed by atoms with Crippen LogP contribution < -0.4 is 0 Å². The van der Waals surface area contributed by atoms with Crippen molar-refractivity contribution in [1.82, 2.24) is 0 Å². The number of carbonyl (C=O) groups is 1. The Kier molecular flexibility index (Phi) is 4.43. The van der Waals surface area contributed by atoms with Crippen LogP contribution in [-0.2, 0) is 10.2 Å². The van der Waals surface area contributed by atoms with Crippen LogP contribution in [-0.4, -0.2) is 16.2 Å². The van der Waals surface area contributed by atoms with Gasteiger partial charge in [0.2, 0.25) is 0 Å². The summed E-state index contributed by atoms with van der Waals surface area (Å²) >= 11 is 3.48. The topological polar surface area (TPSA) is 57.5 Å². The molecule has 0 bridgehead atoms. The van der Waals surface area contributed by atoms with Gasteiger partial charge in [0.25, 0.3) is 0 Å². The summed E-state index contributed by atoms with van der Waals surface area (Å²) in [4.78, 5) is 10.9. The summed E-state index contributed by atoms with van der Waals surface area (Å²) in [6.45, 7) is 7.72. The van der Waals surface area contributed by atoms with Gasteiger partial charge < -0.3 is 10.2 Å². The van der Waals surface area contributed by atoms with E-state index in [-0.39, 0.29) is 12.2 Å². The van der Waals surface area contributed by atoms with Crippen LogP contribution in [0.3, 0.4) is 0 Å². The molecular weight excluding hydrogens is 296 g/mol. The first-order valence-corrected chi connectivity index (χ1v) is 6.69. The highest BCUT2D eigenvalue weighted by molar-refractivity contribution is 9.10. The number of phenols is 1. The second-order valence-corrected chi connectivity index (χ2v) is 6.35. The predicted molar refractivity (Wildman–Crippen MR) is 75.2 cm³/mol. The van der Waals surface area contributed by atoms with Crippen molar-refractivity contribution in [2.24, 2.45) is 0 Å². The normalized spacial score (nSPS) is 11.9. The average molecular weight is 315 g/mol. The Hall–Kier alpha value is -1.03. The molecule has 0 aliphatic carbocycles. The quantitative estimate of drug-likeness (QED) is 0.882. The van der Waals surface area contributed by atoms with Crippen LogP contribution in [0.15, 0.2) is 16.6 Å². The maximum Gasteiger partial charge on any atom is 0.304 e. The molecule has 1 aromatic carbocycles. The first-order valence-electron chi connectivity index (χ1n) is 5.90. The molecule has 0 fully saturated rings. The van der Waals surface area contributed by atoms with Gasteiger partial charge in [0.05, 0.1) is 6.42 Å². The molecule has 18 heavy (non-hydrogen) atoms. The average Bonchev–Trinajstić information content (AvgIpc) is 2.18. The van der Waals surface area contributed by atoms with Crippen molar-refractivity contribution in [2.45, 2.75) is 45.4 Å². The predicted octanol–water partition coefficient (Wildman–Crippen LogP) is 4.03. The highest BCUT2D eigenvalue weighted by Gasteiger charge is 2.28. The summed E-state index contributed by atoms with van der Waals surface area (Å²) < 4.78 is 0.906. The van der Waals surface area contributed by atoms with Gasteiger partial charge in [0.15, 0.2) is 0 Å². The van der Waals surface area contributed by atoms with Crippen molar-refractivity contribution in [3.8, 4) is 5.75 Å². The second-order valence-electron chi connectivity index (χ2n) is 5.50. The third-order valence-corrected chi connectivity index (χ3v) is 3.75. The fourth-order valence-corrected chi connectivity index (χ4v) is 2.84. The van der Waals surface area contributed by atoms with Crippen molar-refractivity contribution in [3.05, 3.63) is 27.7 Å². The van der Waals surface area contributed by atoms with E-state index in [4.69, 9.17) is 5.11 Å². The van der Waals surface area contributed by atoms with E-state index in [0.29, 0.717) is 11.5 Å². The van der Waals surface area contributed by atoms with Crippen molar-refractivity contribution >= 4 is 21.9 Å². The molecule has 1 rings (SSSR count). The number of rotatable bonds is 4. The van der Waals surface area contributed by atoms with Gasteiger partial charge in [-0.2, -0.15) is 0 Å². The monoisotopic (exact) mass is 314 g/mol. The van der Waals surface area contributed by atoms with E-state index in [1.54, 1.807) is 6.07 Å². The van der Waals surface area contributed by atoms with Crippen LogP contribution in [0.25, 0.3) is 0 Å². The van der Waals surface area contributed by atoms with Gasteiger partial charge >= 0.3 is 5.97 Å². The van der Waals surface area contributed by atoms with Gasteiger partial charge in [-0.1, -0.05) is 43.6 Å². The lowest BCUT2D eigenvalue weighted by Crippen LogP contribution is -2.22. The zero-order valence-electron chi connectivity index (χ0n) is 11.1. The van der Waals surface area contributed by atoms with Crippen molar-refractivity contribution in [1.29, 1.82) is 0 Å². The number of phenolic OH excluding ortho intramolecular Hbond substituents is 1. The number of hydrogen-bond donors (Lipinski definition) is 2. The summed E-state index contributed by atoms with van der Waals surface area (Å²) in [6.07, 6.45) is -0.0198. The molecule has 3 nitrogen and oxygen atoms in total. The van der Waals surface area contributed by atoms with Crippen LogP contribution in [0.4, 0.5) is 0 Å². The Labute approximate surface area is 116 Å². The summed E-state index contributed by atoms with van der Waals surface area (Å²) in [5.41, 5.74) is 1.07. The van der Waals surface area contributed by atoms with E-state index in [9.17, 15) is 9.90 Å². The molecule has 2 N–H and O–H groups in total. The Morgan fingerprint density at radius 1 is 1.39 bits per heavy atom. The number of hydrogen-bond acceptors (Lipinski definition) is 2. The van der Waals surface area contributed by atoms with Crippen molar-refractivity contribution in [2.75, 3.05) is 0 Å². The summed E-state index contributed by atoms with van der Waals surface area (Å²) in [7, 11) is 0. The van der Waals surface area contributed by atoms with Gasteiger partial charge in [-0.3, -0.25) is 4.79 Å². The lowest BCUT2D eigenvalue weighted by molar-refractivity contribution is -0.138. The second kappa shape index (κ2) is 5.31. The molecular formula is C14H19BrO3. The fraction of sp³-hybridized carbons (Fsp3) is 0.500. The van der Waals surface area contributed by atoms with E-state index in [2.05, 4.69) is 15.9 Å². The Bertz CT molecular complexity index is 464. The van der Waals surface area contributed by atoms with Crippen LogP contribution in [0.2, 0.25) is 0 Å². The smallest absolute Gasteiger partial charge is 0.304 e. The highest BCUT2D eigenvalue weighted by atomic mass is 79.9. The summed E-state index contributed by atoms with van der Waals surface area (Å²) in [6, 6.07) is 3.54. The molecule has 1 aromatic rings. The molecule has 0 atom stereocenters. The maximum atomic E-state index is 10.9. The van der Waals surface area contributed by atoms with E-state index in [1.165, 1.54) is 0 Å². The zero-order chi connectivity index (χ0) is 14.1. The largest absolute Gasteiger partial charge is 0.508 e. The number of benzene rings is 1. The molecule has 0 aliphatic heterocycles. The van der Waals surface area contributed by atoms with E-state index in [1.807, 2.05) is 33.8 Å².